The van der Waals surface area contributed by atoms with Crippen LogP contribution < -0.4 is 20.4 Å². The molecule has 8 nitrogen and oxygen atoms in total. The molecule has 0 aromatic heterocycles. The number of benzene rings is 1. The maximum Gasteiger partial charge on any atom is 0.490 e. The summed E-state index contributed by atoms with van der Waals surface area (Å²) in [5, 5.41) is 13.5. The molecule has 12 heteroatoms. The van der Waals surface area contributed by atoms with Crippen LogP contribution >= 0.6 is 11.6 Å². The monoisotopic (exact) mass is 518 g/mol. The number of anilines is 2. The molecule has 3 fully saturated rings. The van der Waals surface area contributed by atoms with Crippen LogP contribution in [0.4, 0.5) is 29.3 Å². The number of urea groups is 1. The Morgan fingerprint density at radius 3 is 2.31 bits per heavy atom. The van der Waals surface area contributed by atoms with Gasteiger partial charge in [0.1, 0.15) is 0 Å². The van der Waals surface area contributed by atoms with Gasteiger partial charge in [-0.3, -0.25) is 15.0 Å². The number of carbonyl (C=O) groups excluding carboxylic acids is 2. The molecule has 194 valence electrons. The first-order valence-electron chi connectivity index (χ1n) is 11.6. The molecule has 1 saturated carbocycles. The molecule has 0 atom stereocenters. The van der Waals surface area contributed by atoms with E-state index in [1.807, 2.05) is 18.2 Å². The van der Waals surface area contributed by atoms with Crippen molar-refractivity contribution in [3.63, 3.8) is 0 Å². The number of nitrogens with zero attached hydrogens (tertiary/aromatic N) is 2. The Morgan fingerprint density at radius 1 is 1.17 bits per heavy atom. The molecule has 1 aromatic rings. The van der Waals surface area contributed by atoms with Crippen molar-refractivity contribution in [1.82, 2.24) is 10.6 Å². The van der Waals surface area contributed by atoms with Gasteiger partial charge in [0.05, 0.1) is 10.7 Å². The Kier molecular flexibility index (Phi) is 8.53. The molecule has 0 unspecified atom stereocenters. The van der Waals surface area contributed by atoms with Gasteiger partial charge >= 0.3 is 18.2 Å². The first-order valence-corrected chi connectivity index (χ1v) is 11.9. The van der Waals surface area contributed by atoms with Gasteiger partial charge in [0.25, 0.3) is 0 Å². The molecular weight excluding hydrogens is 489 g/mol. The number of piperidine rings is 1. The van der Waals surface area contributed by atoms with Crippen LogP contribution in [0.1, 0.15) is 44.9 Å². The van der Waals surface area contributed by atoms with Crippen molar-refractivity contribution in [2.75, 3.05) is 36.5 Å². The smallest absolute Gasteiger partial charge is 0.475 e. The van der Waals surface area contributed by atoms with Crippen molar-refractivity contribution in [2.24, 2.45) is 5.41 Å². The molecule has 2 heterocycles. The average Bonchev–Trinajstić information content (AvgIpc) is 2.80. The number of alkyl halides is 3. The van der Waals surface area contributed by atoms with E-state index in [1.54, 1.807) is 4.90 Å². The third-order valence-corrected chi connectivity index (χ3v) is 7.47. The van der Waals surface area contributed by atoms with Crippen LogP contribution in [0.2, 0.25) is 5.02 Å². The van der Waals surface area contributed by atoms with Crippen LogP contribution in [0.15, 0.2) is 18.2 Å². The lowest BCUT2D eigenvalue weighted by atomic mass is 9.67. The minimum absolute atomic E-state index is 0.236. The fraction of sp³-hybridized carbons (Fsp3) is 0.609. The second kappa shape index (κ2) is 11.0. The number of carbonyl (C=O) groups is 3. The van der Waals surface area contributed by atoms with E-state index in [9.17, 15) is 22.8 Å². The summed E-state index contributed by atoms with van der Waals surface area (Å²) in [5.74, 6) is -2.99. The largest absolute Gasteiger partial charge is 0.490 e. The Bertz CT molecular complexity index is 943. The third-order valence-electron chi connectivity index (χ3n) is 7.15. The highest BCUT2D eigenvalue weighted by atomic mass is 35.5. The predicted molar refractivity (Wildman–Crippen MR) is 126 cm³/mol. The van der Waals surface area contributed by atoms with Gasteiger partial charge in [0.15, 0.2) is 0 Å². The Balaban J connectivity index is 0.000000429. The van der Waals surface area contributed by atoms with Crippen molar-refractivity contribution in [3.8, 4) is 0 Å². The summed E-state index contributed by atoms with van der Waals surface area (Å²) in [6.45, 7) is 2.67. The molecule has 0 radical (unpaired) electrons. The van der Waals surface area contributed by atoms with Gasteiger partial charge in [-0.25, -0.2) is 9.59 Å². The highest BCUT2D eigenvalue weighted by molar-refractivity contribution is 6.34. The summed E-state index contributed by atoms with van der Waals surface area (Å²) in [5.41, 5.74) is 2.28. The van der Waals surface area contributed by atoms with Crippen LogP contribution in [-0.2, 0) is 9.59 Å². The molecule has 1 aliphatic carbocycles. The number of halogens is 4. The molecule has 4 rings (SSSR count). The summed E-state index contributed by atoms with van der Waals surface area (Å²) in [7, 11) is 2.14. The molecule has 3 N–H and O–H groups in total. The van der Waals surface area contributed by atoms with Gasteiger partial charge in [-0.1, -0.05) is 11.6 Å². The standard InChI is InChI=1S/C21H29ClN4O2.C2HF3O2/c1-25(15-4-7-21(8-5-15)9-11-23-12-10-21)16-2-3-17(22)18(14-16)26-13-6-19(27)24-20(26)28;3-2(4,5)1(6)7/h2-3,14-15,23H,4-13H2,1H3,(H,24,27,28);(H,6,7). The summed E-state index contributed by atoms with van der Waals surface area (Å²) in [6.07, 6.45) is 2.80. The number of amides is 3. The lowest BCUT2D eigenvalue weighted by Gasteiger charge is -2.45. The third kappa shape index (κ3) is 6.78. The van der Waals surface area contributed by atoms with Crippen LogP contribution in [0.5, 0.6) is 0 Å². The fourth-order valence-electron chi connectivity index (χ4n) is 4.99. The van der Waals surface area contributed by atoms with Crippen LogP contribution in [-0.4, -0.2) is 61.9 Å². The van der Waals surface area contributed by atoms with Gasteiger partial charge in [0, 0.05) is 31.7 Å². The highest BCUT2D eigenvalue weighted by Gasteiger charge is 2.38. The number of nitrogens with one attached hydrogen (secondary N) is 2. The molecule has 0 bridgehead atoms. The average molecular weight is 519 g/mol. The van der Waals surface area contributed by atoms with E-state index in [0.29, 0.717) is 35.1 Å². The normalized spacial score (nSPS) is 20.7. The zero-order chi connectivity index (χ0) is 25.8. The molecule has 1 spiro atoms. The molecule has 3 amide bonds. The van der Waals surface area contributed by atoms with Crippen LogP contribution in [0, 0.1) is 5.41 Å². The number of hydrogen-bond acceptors (Lipinski definition) is 5. The van der Waals surface area contributed by atoms with E-state index in [1.165, 1.54) is 38.5 Å². The molecule has 3 aliphatic rings. The fourth-order valence-corrected chi connectivity index (χ4v) is 5.21. The van der Waals surface area contributed by atoms with Crippen LogP contribution in [0.25, 0.3) is 0 Å². The summed E-state index contributed by atoms with van der Waals surface area (Å²) >= 11 is 6.39. The van der Waals surface area contributed by atoms with Crippen molar-refractivity contribution in [1.29, 1.82) is 0 Å². The van der Waals surface area contributed by atoms with Crippen molar-refractivity contribution < 1.29 is 32.7 Å². The van der Waals surface area contributed by atoms with E-state index >= 15 is 0 Å². The zero-order valence-electron chi connectivity index (χ0n) is 19.5. The molecule has 2 saturated heterocycles. The van der Waals surface area contributed by atoms with Gasteiger partial charge in [-0.05, 0) is 75.2 Å². The number of aliphatic carboxylic acids is 1. The minimum Gasteiger partial charge on any atom is -0.475 e. The Morgan fingerprint density at radius 2 is 1.77 bits per heavy atom. The number of hydrogen-bond donors (Lipinski definition) is 3. The lowest BCUT2D eigenvalue weighted by Crippen LogP contribution is -2.49. The number of carboxylic acids is 1. The number of imide groups is 1. The van der Waals surface area contributed by atoms with Gasteiger partial charge in [-0.15, -0.1) is 0 Å². The van der Waals surface area contributed by atoms with E-state index in [4.69, 9.17) is 21.5 Å². The lowest BCUT2D eigenvalue weighted by molar-refractivity contribution is -0.192. The predicted octanol–water partition coefficient (Wildman–Crippen LogP) is 4.17. The topological polar surface area (TPSA) is 102 Å². The SMILES string of the molecule is CN(c1ccc(Cl)c(N2CCC(=O)NC2=O)c1)C1CCC2(CCNCC2)CC1.O=C(O)C(F)(F)F. The summed E-state index contributed by atoms with van der Waals surface area (Å²) in [6, 6.07) is 5.96. The van der Waals surface area contributed by atoms with Gasteiger partial charge in [-0.2, -0.15) is 13.2 Å². The molecule has 2 aliphatic heterocycles. The molecule has 1 aromatic carbocycles. The van der Waals surface area contributed by atoms with Gasteiger partial charge in [0.2, 0.25) is 5.91 Å². The van der Waals surface area contributed by atoms with E-state index < -0.39 is 18.2 Å². The number of carboxylic acid groups (broad SMARTS) is 1. The van der Waals surface area contributed by atoms with Crippen molar-refractivity contribution in [2.45, 2.75) is 57.2 Å². The van der Waals surface area contributed by atoms with E-state index in [2.05, 4.69) is 22.6 Å². The molecule has 35 heavy (non-hydrogen) atoms. The summed E-state index contributed by atoms with van der Waals surface area (Å²) in [4.78, 5) is 36.5. The molecular formula is C23H30ClF3N4O4. The van der Waals surface area contributed by atoms with E-state index in [0.717, 1.165) is 18.8 Å². The highest BCUT2D eigenvalue weighted by Crippen LogP contribution is 2.45. The number of rotatable bonds is 3. The quantitative estimate of drug-likeness (QED) is 0.555. The van der Waals surface area contributed by atoms with Crippen molar-refractivity contribution >= 4 is 40.9 Å². The van der Waals surface area contributed by atoms with Crippen LogP contribution in [0.3, 0.4) is 0 Å². The van der Waals surface area contributed by atoms with Gasteiger partial charge < -0.3 is 15.3 Å². The second-order valence-corrected chi connectivity index (χ2v) is 9.69. The Labute approximate surface area is 206 Å². The maximum atomic E-state index is 12.2. The summed E-state index contributed by atoms with van der Waals surface area (Å²) < 4.78 is 31.7. The first kappa shape index (κ1) is 27.1. The zero-order valence-corrected chi connectivity index (χ0v) is 20.2. The van der Waals surface area contributed by atoms with Crippen molar-refractivity contribution in [3.05, 3.63) is 23.2 Å². The maximum absolute atomic E-state index is 12.2. The van der Waals surface area contributed by atoms with E-state index in [-0.39, 0.29) is 5.91 Å². The Hall–Kier alpha value is -2.53. The first-order chi connectivity index (χ1) is 16.4. The second-order valence-electron chi connectivity index (χ2n) is 9.29. The minimum atomic E-state index is -5.08.